The summed E-state index contributed by atoms with van der Waals surface area (Å²) in [5.74, 6) is -0.817. The number of aliphatic hydroxyl groups is 1. The van der Waals surface area contributed by atoms with Crippen molar-refractivity contribution in [2.75, 3.05) is 46.0 Å². The van der Waals surface area contributed by atoms with E-state index in [0.717, 1.165) is 18.7 Å². The Labute approximate surface area is 198 Å². The van der Waals surface area contributed by atoms with Gasteiger partial charge in [-0.05, 0) is 48.9 Å². The first-order chi connectivity index (χ1) is 16.0. The number of Topliss-reactive ketones (excluding diaryl/α,β-unsaturated/α-hetero) is 1. The van der Waals surface area contributed by atoms with Gasteiger partial charge in [0.15, 0.2) is 0 Å². The maximum Gasteiger partial charge on any atom is 0.295 e. The number of aliphatic hydroxyl groups excluding tert-OH is 1. The summed E-state index contributed by atoms with van der Waals surface area (Å²) in [7, 11) is 0. The third-order valence-corrected chi connectivity index (χ3v) is 6.18. The maximum absolute atomic E-state index is 13.1. The summed E-state index contributed by atoms with van der Waals surface area (Å²) in [6, 6.07) is 13.1. The molecule has 2 aliphatic rings. The Morgan fingerprint density at radius 2 is 1.73 bits per heavy atom. The molecule has 0 aliphatic carbocycles. The van der Waals surface area contributed by atoms with E-state index in [1.807, 2.05) is 31.2 Å². The van der Waals surface area contributed by atoms with Crippen LogP contribution >= 0.6 is 11.6 Å². The smallest absolute Gasteiger partial charge is 0.295 e. The van der Waals surface area contributed by atoms with Crippen LogP contribution in [-0.4, -0.2) is 72.6 Å². The second-order valence-electron chi connectivity index (χ2n) is 7.96. The van der Waals surface area contributed by atoms with Crippen molar-refractivity contribution in [1.82, 2.24) is 9.80 Å². The highest BCUT2D eigenvalue weighted by molar-refractivity contribution is 6.46. The predicted octanol–water partition coefficient (Wildman–Crippen LogP) is 3.49. The molecule has 1 atom stereocenters. The summed E-state index contributed by atoms with van der Waals surface area (Å²) >= 11 is 5.98. The van der Waals surface area contributed by atoms with Gasteiger partial charge in [0.2, 0.25) is 0 Å². The van der Waals surface area contributed by atoms with E-state index >= 15 is 0 Å². The number of halogens is 1. The molecular formula is C25H27ClN2O5. The molecule has 2 aromatic rings. The molecule has 4 rings (SSSR count). The van der Waals surface area contributed by atoms with Gasteiger partial charge in [0.05, 0.1) is 31.4 Å². The van der Waals surface area contributed by atoms with Gasteiger partial charge >= 0.3 is 0 Å². The number of benzene rings is 2. The molecule has 0 radical (unpaired) electrons. The van der Waals surface area contributed by atoms with E-state index in [2.05, 4.69) is 4.90 Å². The first-order valence-corrected chi connectivity index (χ1v) is 11.4. The molecule has 0 aromatic heterocycles. The molecule has 2 fully saturated rings. The highest BCUT2D eigenvalue weighted by Crippen LogP contribution is 2.39. The molecule has 2 saturated heterocycles. The van der Waals surface area contributed by atoms with Crippen molar-refractivity contribution in [2.45, 2.75) is 13.0 Å². The fraction of sp³-hybridized carbons (Fsp3) is 0.360. The van der Waals surface area contributed by atoms with E-state index in [0.29, 0.717) is 49.2 Å². The third kappa shape index (κ3) is 5.05. The number of hydrogen-bond donors (Lipinski definition) is 1. The van der Waals surface area contributed by atoms with Gasteiger partial charge < -0.3 is 19.5 Å². The lowest BCUT2D eigenvalue weighted by Gasteiger charge is -2.31. The average Bonchev–Trinajstić information content (AvgIpc) is 3.09. The summed E-state index contributed by atoms with van der Waals surface area (Å²) < 4.78 is 10.9. The molecule has 7 nitrogen and oxygen atoms in total. The molecule has 0 spiro atoms. The number of rotatable bonds is 7. The number of ether oxygens (including phenoxy) is 2. The van der Waals surface area contributed by atoms with Crippen LogP contribution in [0.15, 0.2) is 54.1 Å². The van der Waals surface area contributed by atoms with Crippen LogP contribution in [0.2, 0.25) is 5.02 Å². The Balaban J connectivity index is 1.71. The normalized spacial score (nSPS) is 20.9. The Morgan fingerprint density at radius 3 is 2.36 bits per heavy atom. The van der Waals surface area contributed by atoms with Crippen molar-refractivity contribution in [3.05, 3.63) is 70.3 Å². The minimum Gasteiger partial charge on any atom is -0.507 e. The monoisotopic (exact) mass is 470 g/mol. The number of amides is 1. The number of carbonyl (C=O) groups is 2. The van der Waals surface area contributed by atoms with Crippen molar-refractivity contribution in [1.29, 1.82) is 0 Å². The van der Waals surface area contributed by atoms with Crippen LogP contribution in [0.4, 0.5) is 0 Å². The first-order valence-electron chi connectivity index (χ1n) is 11.1. The summed E-state index contributed by atoms with van der Waals surface area (Å²) in [5.41, 5.74) is 1.24. The summed E-state index contributed by atoms with van der Waals surface area (Å²) in [6.45, 7) is 6.28. The van der Waals surface area contributed by atoms with Crippen LogP contribution in [0, 0.1) is 0 Å². The highest BCUT2D eigenvalue weighted by Gasteiger charge is 2.46. The van der Waals surface area contributed by atoms with E-state index in [4.69, 9.17) is 21.1 Å². The number of ketones is 1. The average molecular weight is 471 g/mol. The zero-order valence-corrected chi connectivity index (χ0v) is 19.3. The van der Waals surface area contributed by atoms with E-state index < -0.39 is 17.7 Å². The first kappa shape index (κ1) is 23.3. The van der Waals surface area contributed by atoms with Crippen molar-refractivity contribution >= 4 is 29.1 Å². The molecule has 8 heteroatoms. The van der Waals surface area contributed by atoms with E-state index in [1.54, 1.807) is 29.2 Å². The van der Waals surface area contributed by atoms with Crippen LogP contribution in [0.3, 0.4) is 0 Å². The largest absolute Gasteiger partial charge is 0.507 e. The Hall–Kier alpha value is -2.87. The van der Waals surface area contributed by atoms with Gasteiger partial charge in [0, 0.05) is 36.8 Å². The molecule has 2 aromatic carbocycles. The van der Waals surface area contributed by atoms with Gasteiger partial charge in [-0.2, -0.15) is 0 Å². The maximum atomic E-state index is 13.1. The second kappa shape index (κ2) is 10.4. The number of morpholine rings is 1. The van der Waals surface area contributed by atoms with Gasteiger partial charge in [-0.15, -0.1) is 0 Å². The quantitative estimate of drug-likeness (QED) is 0.379. The van der Waals surface area contributed by atoms with Crippen LogP contribution in [-0.2, 0) is 14.3 Å². The van der Waals surface area contributed by atoms with Crippen molar-refractivity contribution in [3.8, 4) is 5.75 Å². The summed E-state index contributed by atoms with van der Waals surface area (Å²) in [6.07, 6.45) is 0. The Kier molecular flexibility index (Phi) is 7.33. The lowest BCUT2D eigenvalue weighted by atomic mass is 9.95. The van der Waals surface area contributed by atoms with Crippen LogP contribution in [0.5, 0.6) is 5.75 Å². The molecule has 2 aliphatic heterocycles. The Morgan fingerprint density at radius 1 is 1.06 bits per heavy atom. The number of carbonyl (C=O) groups excluding carboxylic acids is 2. The minimum atomic E-state index is -0.697. The number of nitrogens with zero attached hydrogens (tertiary/aromatic N) is 2. The third-order valence-electron chi connectivity index (χ3n) is 5.93. The molecule has 1 unspecified atom stereocenters. The van der Waals surface area contributed by atoms with Gasteiger partial charge in [-0.3, -0.25) is 14.5 Å². The van der Waals surface area contributed by atoms with Gasteiger partial charge in [-0.1, -0.05) is 23.7 Å². The lowest BCUT2D eigenvalue weighted by Crippen LogP contribution is -2.42. The lowest BCUT2D eigenvalue weighted by molar-refractivity contribution is -0.140. The van der Waals surface area contributed by atoms with Crippen LogP contribution in [0.1, 0.15) is 24.1 Å². The molecule has 0 saturated carbocycles. The van der Waals surface area contributed by atoms with E-state index in [1.165, 1.54) is 0 Å². The van der Waals surface area contributed by atoms with Crippen molar-refractivity contribution in [3.63, 3.8) is 0 Å². The summed E-state index contributed by atoms with van der Waals surface area (Å²) in [4.78, 5) is 29.9. The standard InChI is InChI=1S/C25H27ClN2O5/c1-2-33-20-9-5-17(6-10-20)22-21(23(29)18-3-7-19(26)8-4-18)24(30)25(31)28(22)12-11-27-13-15-32-16-14-27/h3-10,22,29H,2,11-16H2,1H3. The van der Waals surface area contributed by atoms with Gasteiger partial charge in [0.1, 0.15) is 11.5 Å². The Bertz CT molecular complexity index is 1030. The van der Waals surface area contributed by atoms with Crippen LogP contribution in [0.25, 0.3) is 5.76 Å². The zero-order valence-electron chi connectivity index (χ0n) is 18.5. The fourth-order valence-electron chi connectivity index (χ4n) is 4.21. The van der Waals surface area contributed by atoms with Gasteiger partial charge in [-0.25, -0.2) is 0 Å². The predicted molar refractivity (Wildman–Crippen MR) is 125 cm³/mol. The number of likely N-dealkylation sites (tertiary alicyclic amines) is 1. The molecule has 33 heavy (non-hydrogen) atoms. The fourth-order valence-corrected chi connectivity index (χ4v) is 4.33. The summed E-state index contributed by atoms with van der Waals surface area (Å²) in [5, 5.41) is 11.6. The highest BCUT2D eigenvalue weighted by atomic mass is 35.5. The molecule has 1 amide bonds. The van der Waals surface area contributed by atoms with Crippen molar-refractivity contribution in [2.24, 2.45) is 0 Å². The zero-order chi connectivity index (χ0) is 23.4. The van der Waals surface area contributed by atoms with Crippen LogP contribution < -0.4 is 4.74 Å². The molecule has 174 valence electrons. The van der Waals surface area contributed by atoms with E-state index in [9.17, 15) is 14.7 Å². The second-order valence-corrected chi connectivity index (χ2v) is 8.39. The van der Waals surface area contributed by atoms with Gasteiger partial charge in [0.25, 0.3) is 11.7 Å². The van der Waals surface area contributed by atoms with Crippen molar-refractivity contribution < 1.29 is 24.2 Å². The number of hydrogen-bond acceptors (Lipinski definition) is 6. The molecule has 1 N–H and O–H groups in total. The topological polar surface area (TPSA) is 79.3 Å². The van der Waals surface area contributed by atoms with E-state index in [-0.39, 0.29) is 11.3 Å². The molecular weight excluding hydrogens is 444 g/mol. The molecule has 0 bridgehead atoms. The molecule has 2 heterocycles. The SMILES string of the molecule is CCOc1ccc(C2C(=C(O)c3ccc(Cl)cc3)C(=O)C(=O)N2CCN2CCOCC2)cc1. The minimum absolute atomic E-state index is 0.0773.